The van der Waals surface area contributed by atoms with Gasteiger partial charge < -0.3 is 33.8 Å². The number of aliphatic hydroxyl groups excluding tert-OH is 1. The highest BCUT2D eigenvalue weighted by Gasteiger charge is 2.30. The number of phosphoric ester groups is 2. The van der Waals surface area contributed by atoms with E-state index in [1.807, 2.05) is 0 Å². The molecule has 0 bridgehead atoms. The lowest BCUT2D eigenvalue weighted by Crippen LogP contribution is -2.30. The summed E-state index contributed by atoms with van der Waals surface area (Å²) in [5.41, 5.74) is 0. The monoisotopic (exact) mass is 1420 g/mol. The van der Waals surface area contributed by atoms with Gasteiger partial charge in [-0.3, -0.25) is 37.3 Å². The SMILES string of the molecule is CCCCCCCCCCCCCCCCCCCCC(=O)O[C@H](COC(=O)CCCCCCCCCCCCCCC(C)C)COP(=O)(O)OC[C@@H](O)COP(=O)(O)OC[C@@H](COC(=O)CCCCCCCCCCC(C)C)OC(=O)CCCCCCCCCCCCC(C)C. The van der Waals surface area contributed by atoms with Gasteiger partial charge in [-0.05, 0) is 43.4 Å². The number of hydrogen-bond donors (Lipinski definition) is 3. The van der Waals surface area contributed by atoms with Gasteiger partial charge in [0.05, 0.1) is 26.4 Å². The summed E-state index contributed by atoms with van der Waals surface area (Å²) in [6, 6.07) is 0. The zero-order chi connectivity index (χ0) is 71.6. The first-order valence-corrected chi connectivity index (χ1v) is 43.3. The second kappa shape index (κ2) is 68.5. The maximum atomic E-state index is 13.1. The summed E-state index contributed by atoms with van der Waals surface area (Å²) in [4.78, 5) is 72.9. The molecule has 97 heavy (non-hydrogen) atoms. The van der Waals surface area contributed by atoms with Crippen molar-refractivity contribution in [2.24, 2.45) is 17.8 Å². The van der Waals surface area contributed by atoms with Gasteiger partial charge in [0.1, 0.15) is 19.3 Å². The van der Waals surface area contributed by atoms with E-state index < -0.39 is 97.5 Å². The van der Waals surface area contributed by atoms with Crippen molar-refractivity contribution in [3.8, 4) is 0 Å². The van der Waals surface area contributed by atoms with E-state index in [1.165, 1.54) is 212 Å². The summed E-state index contributed by atoms with van der Waals surface area (Å²) in [5, 5.41) is 10.6. The lowest BCUT2D eigenvalue weighted by Gasteiger charge is -2.21. The third-order valence-electron chi connectivity index (χ3n) is 18.1. The fourth-order valence-corrected chi connectivity index (χ4v) is 13.5. The Kier molecular flexibility index (Phi) is 67.1. The van der Waals surface area contributed by atoms with Gasteiger partial charge in [-0.1, -0.05) is 350 Å². The normalized spacial score (nSPS) is 14.0. The molecule has 0 aromatic rings. The summed E-state index contributed by atoms with van der Waals surface area (Å²) >= 11 is 0. The van der Waals surface area contributed by atoms with Crippen molar-refractivity contribution in [2.75, 3.05) is 39.6 Å². The maximum absolute atomic E-state index is 13.1. The second-order valence-corrected chi connectivity index (χ2v) is 32.4. The fraction of sp³-hybridized carbons (Fsp3) is 0.949. The predicted molar refractivity (Wildman–Crippen MR) is 395 cm³/mol. The van der Waals surface area contributed by atoms with Crippen molar-refractivity contribution in [3.05, 3.63) is 0 Å². The van der Waals surface area contributed by atoms with Gasteiger partial charge in [-0.15, -0.1) is 0 Å². The van der Waals surface area contributed by atoms with Crippen molar-refractivity contribution in [1.82, 2.24) is 0 Å². The molecule has 0 fully saturated rings. The van der Waals surface area contributed by atoms with E-state index in [0.717, 1.165) is 108 Å². The molecule has 5 atom stereocenters. The summed E-state index contributed by atoms with van der Waals surface area (Å²) < 4.78 is 68.6. The van der Waals surface area contributed by atoms with Crippen LogP contribution < -0.4 is 0 Å². The highest BCUT2D eigenvalue weighted by atomic mass is 31.2. The Morgan fingerprint density at radius 1 is 0.278 bits per heavy atom. The van der Waals surface area contributed by atoms with E-state index in [9.17, 15) is 43.2 Å². The number of rotatable bonds is 76. The molecule has 0 aromatic heterocycles. The average Bonchev–Trinajstić information content (AvgIpc) is 1.23. The molecule has 17 nitrogen and oxygen atoms in total. The fourth-order valence-electron chi connectivity index (χ4n) is 12.0. The van der Waals surface area contributed by atoms with E-state index in [-0.39, 0.29) is 25.7 Å². The summed E-state index contributed by atoms with van der Waals surface area (Å²) in [7, 11) is -9.92. The molecule has 0 aliphatic heterocycles. The van der Waals surface area contributed by atoms with Crippen LogP contribution in [0, 0.1) is 17.8 Å². The number of carbonyl (C=O) groups excluding carboxylic acids is 4. The molecule has 0 rings (SSSR count). The molecule has 0 heterocycles. The van der Waals surface area contributed by atoms with E-state index in [2.05, 4.69) is 48.5 Å². The first kappa shape index (κ1) is 95.1. The van der Waals surface area contributed by atoms with Gasteiger partial charge in [0.15, 0.2) is 12.2 Å². The minimum Gasteiger partial charge on any atom is -0.462 e. The number of aliphatic hydroxyl groups is 1. The van der Waals surface area contributed by atoms with Crippen LogP contribution in [0.5, 0.6) is 0 Å². The Morgan fingerprint density at radius 2 is 0.474 bits per heavy atom. The van der Waals surface area contributed by atoms with Gasteiger partial charge in [-0.2, -0.15) is 0 Å². The molecule has 0 spiro atoms. The van der Waals surface area contributed by atoms with Crippen molar-refractivity contribution in [1.29, 1.82) is 0 Å². The van der Waals surface area contributed by atoms with Crippen molar-refractivity contribution < 1.29 is 80.2 Å². The molecule has 0 aliphatic carbocycles. The minimum atomic E-state index is -4.96. The molecule has 576 valence electrons. The van der Waals surface area contributed by atoms with Crippen LogP contribution in [0.1, 0.15) is 402 Å². The largest absolute Gasteiger partial charge is 0.472 e. The standard InChI is InChI=1S/C78H152O17P2/c1-8-9-10-11-12-13-14-15-16-17-18-19-20-25-31-40-47-54-61-77(82)94-73(65-88-75(80)59-52-45-38-30-24-22-21-23-28-35-42-49-56-69(2)3)67-92-96(84,85)90-63-72(79)64-91-97(86,87)93-68-74(66-89-76(81)60-53-46-39-34-33-37-44-51-58-71(6)7)95-78(83)62-55-48-41-32-27-26-29-36-43-50-57-70(4)5/h69-74,79H,8-68H2,1-7H3,(H,84,85)(H,86,87)/t72-,73-,74-/m1/s1. The van der Waals surface area contributed by atoms with Crippen molar-refractivity contribution in [3.63, 3.8) is 0 Å². The molecule has 0 amide bonds. The van der Waals surface area contributed by atoms with Crippen LogP contribution in [0.4, 0.5) is 0 Å². The number of ether oxygens (including phenoxy) is 4. The van der Waals surface area contributed by atoms with Crippen LogP contribution in [-0.4, -0.2) is 96.7 Å². The molecule has 0 saturated carbocycles. The Balaban J connectivity index is 5.25. The summed E-state index contributed by atoms with van der Waals surface area (Å²) in [5.74, 6) is 0.145. The molecule has 0 radical (unpaired) electrons. The van der Waals surface area contributed by atoms with E-state index in [4.69, 9.17) is 37.0 Å². The minimum absolute atomic E-state index is 0.105. The average molecular weight is 1420 g/mol. The number of hydrogen-bond acceptors (Lipinski definition) is 15. The zero-order valence-corrected chi connectivity index (χ0v) is 65.3. The second-order valence-electron chi connectivity index (χ2n) is 29.5. The first-order valence-electron chi connectivity index (χ1n) is 40.3. The molecular formula is C78H152O17P2. The molecule has 3 N–H and O–H groups in total. The topological polar surface area (TPSA) is 237 Å². The smallest absolute Gasteiger partial charge is 0.462 e. The van der Waals surface area contributed by atoms with Crippen LogP contribution in [0.25, 0.3) is 0 Å². The van der Waals surface area contributed by atoms with Crippen LogP contribution in [0.3, 0.4) is 0 Å². The van der Waals surface area contributed by atoms with E-state index in [1.54, 1.807) is 0 Å². The Morgan fingerprint density at radius 3 is 0.701 bits per heavy atom. The molecule has 0 saturated heterocycles. The number of unbranched alkanes of at least 4 members (excludes halogenated alkanes) is 44. The summed E-state index contributed by atoms with van der Waals surface area (Å²) in [6.45, 7) is 11.9. The molecule has 2 unspecified atom stereocenters. The lowest BCUT2D eigenvalue weighted by molar-refractivity contribution is -0.161. The van der Waals surface area contributed by atoms with Gasteiger partial charge in [0.25, 0.3) is 0 Å². The molecule has 0 aliphatic rings. The maximum Gasteiger partial charge on any atom is 0.472 e. The van der Waals surface area contributed by atoms with Crippen LogP contribution >= 0.6 is 15.6 Å². The Hall–Kier alpha value is -1.94. The van der Waals surface area contributed by atoms with Gasteiger partial charge in [-0.25, -0.2) is 9.13 Å². The Bertz CT molecular complexity index is 1890. The van der Waals surface area contributed by atoms with Gasteiger partial charge >= 0.3 is 39.5 Å². The third kappa shape index (κ3) is 72.2. The highest BCUT2D eigenvalue weighted by molar-refractivity contribution is 7.47. The van der Waals surface area contributed by atoms with Crippen LogP contribution in [-0.2, 0) is 65.4 Å². The quantitative estimate of drug-likeness (QED) is 0.0222. The van der Waals surface area contributed by atoms with Crippen LogP contribution in [0.15, 0.2) is 0 Å². The predicted octanol–water partition coefficient (Wildman–Crippen LogP) is 23.0. The van der Waals surface area contributed by atoms with Crippen LogP contribution in [0.2, 0.25) is 0 Å². The third-order valence-corrected chi connectivity index (χ3v) is 20.0. The van der Waals surface area contributed by atoms with Gasteiger partial charge in [0, 0.05) is 25.7 Å². The lowest BCUT2D eigenvalue weighted by atomic mass is 10.0. The molecule has 19 heteroatoms. The number of phosphoric acid groups is 2. The number of esters is 4. The van der Waals surface area contributed by atoms with Gasteiger partial charge in [0.2, 0.25) is 0 Å². The number of carbonyl (C=O) groups is 4. The summed E-state index contributed by atoms with van der Waals surface area (Å²) in [6.07, 6.45) is 55.5. The van der Waals surface area contributed by atoms with Crippen molar-refractivity contribution >= 4 is 39.5 Å². The first-order chi connectivity index (χ1) is 46.7. The molecular weight excluding hydrogens is 1270 g/mol. The van der Waals surface area contributed by atoms with E-state index >= 15 is 0 Å². The molecule has 0 aromatic carbocycles. The highest BCUT2D eigenvalue weighted by Crippen LogP contribution is 2.45. The Labute approximate surface area is 594 Å². The zero-order valence-electron chi connectivity index (χ0n) is 63.5. The van der Waals surface area contributed by atoms with Crippen molar-refractivity contribution in [2.45, 2.75) is 420 Å². The van der Waals surface area contributed by atoms with E-state index in [0.29, 0.717) is 25.7 Å².